The fourth-order valence-corrected chi connectivity index (χ4v) is 1.47. The van der Waals surface area contributed by atoms with E-state index in [4.69, 9.17) is 11.6 Å². The van der Waals surface area contributed by atoms with E-state index < -0.39 is 0 Å². The van der Waals surface area contributed by atoms with E-state index in [1.54, 1.807) is 10.9 Å². The Morgan fingerprint density at radius 3 is 2.68 bits per heavy atom. The van der Waals surface area contributed by atoms with Gasteiger partial charge in [0.25, 0.3) is 5.91 Å². The second-order valence-electron chi connectivity index (χ2n) is 4.53. The molecule has 1 heterocycles. The Morgan fingerprint density at radius 2 is 2.16 bits per heavy atom. The number of amides is 2. The third kappa shape index (κ3) is 4.55. The topological polar surface area (TPSA) is 76.0 Å². The zero-order valence-electron chi connectivity index (χ0n) is 11.4. The first-order chi connectivity index (χ1) is 8.97. The number of carbonyl (C=O) groups excluding carboxylic acids is 2. The minimum atomic E-state index is -0.366. The third-order valence-electron chi connectivity index (χ3n) is 2.37. The van der Waals surface area contributed by atoms with Crippen LogP contribution < -0.4 is 10.6 Å². The zero-order valence-corrected chi connectivity index (χ0v) is 12.1. The Labute approximate surface area is 117 Å². The van der Waals surface area contributed by atoms with Crippen LogP contribution in [0, 0.1) is 5.92 Å². The van der Waals surface area contributed by atoms with Gasteiger partial charge in [0.2, 0.25) is 5.91 Å². The average molecular weight is 287 g/mol. The molecular formula is C12H19ClN4O2. The van der Waals surface area contributed by atoms with Crippen molar-refractivity contribution in [3.63, 3.8) is 0 Å². The van der Waals surface area contributed by atoms with Crippen molar-refractivity contribution < 1.29 is 9.59 Å². The van der Waals surface area contributed by atoms with Crippen molar-refractivity contribution in [3.8, 4) is 0 Å². The third-order valence-corrected chi connectivity index (χ3v) is 2.61. The molecule has 1 aromatic rings. The van der Waals surface area contributed by atoms with Crippen LogP contribution in [0.3, 0.4) is 0 Å². The maximum atomic E-state index is 12.0. The van der Waals surface area contributed by atoms with Crippen molar-refractivity contribution in [1.82, 2.24) is 15.1 Å². The van der Waals surface area contributed by atoms with Gasteiger partial charge in [-0.2, -0.15) is 5.10 Å². The molecule has 0 saturated heterocycles. The second-order valence-corrected chi connectivity index (χ2v) is 4.80. The number of nitrogens with one attached hydrogen (secondary N) is 2. The van der Waals surface area contributed by atoms with Crippen molar-refractivity contribution in [2.75, 3.05) is 17.7 Å². The molecule has 1 aromatic heterocycles. The lowest BCUT2D eigenvalue weighted by Gasteiger charge is -2.07. The molecule has 7 heteroatoms. The molecular weight excluding hydrogens is 268 g/mol. The van der Waals surface area contributed by atoms with Gasteiger partial charge in [-0.3, -0.25) is 14.3 Å². The minimum Gasteiger partial charge on any atom is -0.350 e. The molecule has 0 bridgehead atoms. The van der Waals surface area contributed by atoms with Gasteiger partial charge in [0.05, 0.1) is 5.69 Å². The van der Waals surface area contributed by atoms with Crippen molar-refractivity contribution in [3.05, 3.63) is 11.9 Å². The fraction of sp³-hybridized carbons (Fsp3) is 0.583. The lowest BCUT2D eigenvalue weighted by Crippen LogP contribution is -2.29. The first-order valence-electron chi connectivity index (χ1n) is 6.19. The summed E-state index contributed by atoms with van der Waals surface area (Å²) in [5, 5.41) is 9.48. The van der Waals surface area contributed by atoms with E-state index in [1.165, 1.54) is 0 Å². The van der Waals surface area contributed by atoms with Crippen LogP contribution in [-0.2, 0) is 11.3 Å². The lowest BCUT2D eigenvalue weighted by molar-refractivity contribution is -0.113. The minimum absolute atomic E-state index is 0.162. The number of alkyl halides is 1. The summed E-state index contributed by atoms with van der Waals surface area (Å²) in [6.07, 6.45) is 1.62. The van der Waals surface area contributed by atoms with E-state index in [9.17, 15) is 9.59 Å². The van der Waals surface area contributed by atoms with Gasteiger partial charge in [-0.15, -0.1) is 11.6 Å². The predicted octanol–water partition coefficient (Wildman–Crippen LogP) is 1.47. The SMILES string of the molecule is CCn1cc(NC(=O)CCl)c(C(=O)NCC(C)C)n1. The van der Waals surface area contributed by atoms with Gasteiger partial charge in [0, 0.05) is 19.3 Å². The van der Waals surface area contributed by atoms with Crippen molar-refractivity contribution in [2.24, 2.45) is 5.92 Å². The van der Waals surface area contributed by atoms with Crippen molar-refractivity contribution in [1.29, 1.82) is 0 Å². The molecule has 6 nitrogen and oxygen atoms in total. The highest BCUT2D eigenvalue weighted by molar-refractivity contribution is 6.29. The number of hydrogen-bond acceptors (Lipinski definition) is 3. The molecule has 0 aliphatic carbocycles. The van der Waals surface area contributed by atoms with Gasteiger partial charge in [-0.25, -0.2) is 0 Å². The molecule has 0 unspecified atom stereocenters. The largest absolute Gasteiger partial charge is 0.350 e. The van der Waals surface area contributed by atoms with E-state index in [0.717, 1.165) is 0 Å². The molecule has 19 heavy (non-hydrogen) atoms. The van der Waals surface area contributed by atoms with E-state index in [0.29, 0.717) is 24.7 Å². The summed E-state index contributed by atoms with van der Waals surface area (Å²) in [5.74, 6) is -0.483. The normalized spacial score (nSPS) is 10.6. The van der Waals surface area contributed by atoms with Gasteiger partial charge in [0.15, 0.2) is 5.69 Å². The molecule has 1 rings (SSSR count). The van der Waals surface area contributed by atoms with Crippen LogP contribution in [0.15, 0.2) is 6.20 Å². The second kappa shape index (κ2) is 7.13. The van der Waals surface area contributed by atoms with Crippen LogP contribution in [0.5, 0.6) is 0 Å². The van der Waals surface area contributed by atoms with Crippen LogP contribution in [0.1, 0.15) is 31.3 Å². The first kappa shape index (κ1) is 15.5. The molecule has 106 valence electrons. The van der Waals surface area contributed by atoms with Crippen molar-refractivity contribution >= 4 is 29.1 Å². The molecule has 0 aliphatic rings. The van der Waals surface area contributed by atoms with Crippen LogP contribution in [0.2, 0.25) is 0 Å². The molecule has 0 aliphatic heterocycles. The quantitative estimate of drug-likeness (QED) is 0.778. The number of carbonyl (C=O) groups is 2. The van der Waals surface area contributed by atoms with E-state index in [-0.39, 0.29) is 23.4 Å². The highest BCUT2D eigenvalue weighted by Gasteiger charge is 2.18. The number of rotatable bonds is 6. The van der Waals surface area contributed by atoms with Gasteiger partial charge >= 0.3 is 0 Å². The standard InChI is InChI=1S/C12H19ClN4O2/c1-4-17-7-9(15-10(18)5-13)11(16-17)12(19)14-6-8(2)3/h7-8H,4-6H2,1-3H3,(H,14,19)(H,15,18). The maximum Gasteiger partial charge on any atom is 0.273 e. The Morgan fingerprint density at radius 1 is 1.47 bits per heavy atom. The smallest absolute Gasteiger partial charge is 0.273 e. The lowest BCUT2D eigenvalue weighted by atomic mass is 10.2. The summed E-state index contributed by atoms with van der Waals surface area (Å²) in [5.41, 5.74) is 0.592. The van der Waals surface area contributed by atoms with Crippen LogP contribution in [0.4, 0.5) is 5.69 Å². The number of aryl methyl sites for hydroxylation is 1. The molecule has 0 spiro atoms. The van der Waals surface area contributed by atoms with Crippen LogP contribution >= 0.6 is 11.6 Å². The molecule has 0 saturated carbocycles. The number of hydrogen-bond donors (Lipinski definition) is 2. The van der Waals surface area contributed by atoms with Crippen LogP contribution in [-0.4, -0.2) is 34.0 Å². The van der Waals surface area contributed by atoms with Gasteiger partial charge < -0.3 is 10.6 Å². The average Bonchev–Trinajstić information content (AvgIpc) is 2.78. The molecule has 0 fully saturated rings. The highest BCUT2D eigenvalue weighted by atomic mass is 35.5. The first-order valence-corrected chi connectivity index (χ1v) is 6.72. The fourth-order valence-electron chi connectivity index (χ4n) is 1.41. The molecule has 0 radical (unpaired) electrons. The number of halogens is 1. The van der Waals surface area contributed by atoms with Gasteiger partial charge in [0.1, 0.15) is 5.88 Å². The Bertz CT molecular complexity index is 457. The number of nitrogens with zero attached hydrogens (tertiary/aromatic N) is 2. The summed E-state index contributed by atoms with van der Waals surface area (Å²) < 4.78 is 1.59. The Balaban J connectivity index is 2.87. The summed E-state index contributed by atoms with van der Waals surface area (Å²) >= 11 is 5.44. The van der Waals surface area contributed by atoms with Crippen molar-refractivity contribution in [2.45, 2.75) is 27.3 Å². The molecule has 2 N–H and O–H groups in total. The summed E-state index contributed by atoms with van der Waals surface area (Å²) in [7, 11) is 0. The number of aromatic nitrogens is 2. The number of anilines is 1. The maximum absolute atomic E-state index is 12.0. The van der Waals surface area contributed by atoms with E-state index in [2.05, 4.69) is 15.7 Å². The zero-order chi connectivity index (χ0) is 14.4. The summed E-state index contributed by atoms with van der Waals surface area (Å²) in [4.78, 5) is 23.3. The molecule has 2 amide bonds. The summed E-state index contributed by atoms with van der Waals surface area (Å²) in [6, 6.07) is 0. The highest BCUT2D eigenvalue weighted by Crippen LogP contribution is 2.14. The van der Waals surface area contributed by atoms with Crippen LogP contribution in [0.25, 0.3) is 0 Å². The molecule has 0 aromatic carbocycles. The van der Waals surface area contributed by atoms with Gasteiger partial charge in [-0.05, 0) is 12.8 Å². The van der Waals surface area contributed by atoms with E-state index in [1.807, 2.05) is 20.8 Å². The predicted molar refractivity (Wildman–Crippen MR) is 74.4 cm³/mol. The Kier molecular flexibility index (Phi) is 5.82. The summed E-state index contributed by atoms with van der Waals surface area (Å²) in [6.45, 7) is 7.07. The van der Waals surface area contributed by atoms with E-state index >= 15 is 0 Å². The Hall–Kier alpha value is -1.56. The van der Waals surface area contributed by atoms with Gasteiger partial charge in [-0.1, -0.05) is 13.8 Å². The molecule has 0 atom stereocenters. The monoisotopic (exact) mass is 286 g/mol.